The molecule has 8 heteroatoms. The van der Waals surface area contributed by atoms with Crippen LogP contribution in [0.25, 0.3) is 0 Å². The van der Waals surface area contributed by atoms with Gasteiger partial charge in [-0.15, -0.1) is 0 Å². The number of anilines is 1. The summed E-state index contributed by atoms with van der Waals surface area (Å²) in [7, 11) is 0. The fourth-order valence-corrected chi connectivity index (χ4v) is 1.20. The van der Waals surface area contributed by atoms with Crippen molar-refractivity contribution in [2.45, 2.75) is 25.4 Å². The molecule has 1 aromatic rings. The number of aryl methyl sites for hydroxylation is 1. The van der Waals surface area contributed by atoms with Gasteiger partial charge in [-0.1, -0.05) is 12.1 Å². The van der Waals surface area contributed by atoms with E-state index in [4.69, 9.17) is 5.73 Å². The number of nitrogens with two attached hydrogens (primary N) is 1. The number of hydrogen-bond acceptors (Lipinski definition) is 2. The fraction of sp³-hybridized carbons (Fsp3) is 0.400. The third kappa shape index (κ3) is 3.21. The number of nitrogen functional groups attached to an aromatic ring is 1. The normalized spacial score (nSPS) is 12.9. The summed E-state index contributed by atoms with van der Waals surface area (Å²) in [6.45, 7) is 1.44. The first kappa shape index (κ1) is 14.5. The van der Waals surface area contributed by atoms with Gasteiger partial charge in [0, 0.05) is 0 Å². The van der Waals surface area contributed by atoms with Gasteiger partial charge in [-0.05, 0) is 18.6 Å². The molecule has 0 aromatic heterocycles. The van der Waals surface area contributed by atoms with Crippen LogP contribution in [0.3, 0.4) is 0 Å². The van der Waals surface area contributed by atoms with E-state index in [1.54, 1.807) is 0 Å². The number of rotatable bonds is 2. The minimum Gasteiger partial charge on any atom is -0.469 e. The van der Waals surface area contributed by atoms with Gasteiger partial charge in [-0.2, -0.15) is 26.3 Å². The van der Waals surface area contributed by atoms with Crippen LogP contribution in [0.5, 0.6) is 5.75 Å². The maximum Gasteiger partial charge on any atom is 0.434 e. The van der Waals surface area contributed by atoms with E-state index in [-0.39, 0.29) is 5.69 Å². The van der Waals surface area contributed by atoms with Crippen molar-refractivity contribution in [3.63, 3.8) is 0 Å². The molecule has 0 spiro atoms. The topological polar surface area (TPSA) is 35.2 Å². The second kappa shape index (κ2) is 4.58. The van der Waals surface area contributed by atoms with E-state index in [0.29, 0.717) is 5.56 Å². The van der Waals surface area contributed by atoms with Crippen molar-refractivity contribution in [3.8, 4) is 5.75 Å². The maximum atomic E-state index is 12.2. The van der Waals surface area contributed by atoms with Crippen LogP contribution in [0.4, 0.5) is 32.0 Å². The number of hydrogen-bond donors (Lipinski definition) is 1. The molecule has 18 heavy (non-hydrogen) atoms. The Kier molecular flexibility index (Phi) is 3.68. The standard InChI is InChI=1S/C10H9F6NO/c1-5-3-2-4-6(7(5)17)18-8(9(11,12)13)10(14,15)16/h2-4,8H,17H2,1H3. The van der Waals surface area contributed by atoms with Gasteiger partial charge >= 0.3 is 12.4 Å². The van der Waals surface area contributed by atoms with Gasteiger partial charge in [-0.25, -0.2) is 0 Å². The summed E-state index contributed by atoms with van der Waals surface area (Å²) in [5.74, 6) is -0.644. The molecule has 0 heterocycles. The molecule has 0 bridgehead atoms. The van der Waals surface area contributed by atoms with E-state index < -0.39 is 24.2 Å². The molecule has 0 amide bonds. The molecule has 1 rings (SSSR count). The van der Waals surface area contributed by atoms with Crippen LogP contribution in [0.15, 0.2) is 18.2 Å². The van der Waals surface area contributed by atoms with Crippen LogP contribution >= 0.6 is 0 Å². The lowest BCUT2D eigenvalue weighted by molar-refractivity contribution is -0.299. The minimum atomic E-state index is -5.56. The molecular weight excluding hydrogens is 264 g/mol. The predicted octanol–water partition coefficient (Wildman–Crippen LogP) is 3.45. The summed E-state index contributed by atoms with van der Waals surface area (Å²) in [6, 6.07) is 3.65. The number of benzene rings is 1. The van der Waals surface area contributed by atoms with E-state index in [0.717, 1.165) is 6.07 Å². The smallest absolute Gasteiger partial charge is 0.434 e. The van der Waals surface area contributed by atoms with E-state index in [2.05, 4.69) is 4.74 Å². The molecule has 0 aliphatic heterocycles. The number of ether oxygens (including phenoxy) is 1. The zero-order chi connectivity index (χ0) is 14.1. The van der Waals surface area contributed by atoms with Crippen LogP contribution in [0.1, 0.15) is 5.56 Å². The van der Waals surface area contributed by atoms with Gasteiger partial charge in [0.15, 0.2) is 0 Å². The third-order valence-corrected chi connectivity index (χ3v) is 2.12. The molecule has 1 aromatic carbocycles. The van der Waals surface area contributed by atoms with Crippen LogP contribution in [-0.4, -0.2) is 18.5 Å². The SMILES string of the molecule is Cc1cccc(OC(C(F)(F)F)C(F)(F)F)c1N. The molecule has 0 saturated heterocycles. The van der Waals surface area contributed by atoms with Crippen molar-refractivity contribution < 1.29 is 31.1 Å². The van der Waals surface area contributed by atoms with Crippen molar-refractivity contribution in [3.05, 3.63) is 23.8 Å². The average Bonchev–Trinajstić information content (AvgIpc) is 2.16. The Bertz CT molecular complexity index is 411. The zero-order valence-electron chi connectivity index (χ0n) is 9.06. The Hall–Kier alpha value is -1.60. The summed E-state index contributed by atoms with van der Waals surface area (Å²) < 4.78 is 77.5. The first-order valence-electron chi connectivity index (χ1n) is 4.68. The molecule has 0 unspecified atom stereocenters. The molecule has 0 fully saturated rings. The number of halogens is 6. The molecule has 0 aliphatic carbocycles. The van der Waals surface area contributed by atoms with Crippen LogP contribution < -0.4 is 10.5 Å². The van der Waals surface area contributed by atoms with Crippen LogP contribution in [0, 0.1) is 6.92 Å². The van der Waals surface area contributed by atoms with Gasteiger partial charge in [0.05, 0.1) is 5.69 Å². The minimum absolute atomic E-state index is 0.254. The Balaban J connectivity index is 3.09. The van der Waals surface area contributed by atoms with Gasteiger partial charge in [-0.3, -0.25) is 0 Å². The first-order valence-corrected chi connectivity index (χ1v) is 4.68. The summed E-state index contributed by atoms with van der Waals surface area (Å²) in [5, 5.41) is 0. The lowest BCUT2D eigenvalue weighted by Crippen LogP contribution is -2.46. The second-order valence-corrected chi connectivity index (χ2v) is 3.57. The van der Waals surface area contributed by atoms with Gasteiger partial charge < -0.3 is 10.5 Å². The van der Waals surface area contributed by atoms with Crippen LogP contribution in [0.2, 0.25) is 0 Å². The van der Waals surface area contributed by atoms with Gasteiger partial charge in [0.2, 0.25) is 0 Å². The van der Waals surface area contributed by atoms with E-state index >= 15 is 0 Å². The highest BCUT2D eigenvalue weighted by atomic mass is 19.4. The lowest BCUT2D eigenvalue weighted by Gasteiger charge is -2.24. The van der Waals surface area contributed by atoms with Gasteiger partial charge in [0.1, 0.15) is 5.75 Å². The predicted molar refractivity (Wildman–Crippen MR) is 52.1 cm³/mol. The Morgan fingerprint density at radius 2 is 1.56 bits per heavy atom. The molecule has 102 valence electrons. The Morgan fingerprint density at radius 1 is 1.06 bits per heavy atom. The molecule has 0 radical (unpaired) electrons. The fourth-order valence-electron chi connectivity index (χ4n) is 1.20. The Morgan fingerprint density at radius 3 is 2.00 bits per heavy atom. The van der Waals surface area contributed by atoms with Crippen molar-refractivity contribution >= 4 is 5.69 Å². The number of para-hydroxylation sites is 1. The molecule has 0 saturated carbocycles. The lowest BCUT2D eigenvalue weighted by atomic mass is 10.2. The highest BCUT2D eigenvalue weighted by Gasteiger charge is 2.59. The molecule has 0 atom stereocenters. The first-order chi connectivity index (χ1) is 8.03. The monoisotopic (exact) mass is 273 g/mol. The summed E-state index contributed by atoms with van der Waals surface area (Å²) >= 11 is 0. The molecular formula is C10H9F6NO. The van der Waals surface area contributed by atoms with E-state index in [9.17, 15) is 26.3 Å². The zero-order valence-corrected chi connectivity index (χ0v) is 9.06. The highest BCUT2D eigenvalue weighted by molar-refractivity contribution is 5.57. The maximum absolute atomic E-state index is 12.2. The summed E-state index contributed by atoms with van der Waals surface area (Å²) in [6.07, 6.45) is -15.0. The van der Waals surface area contributed by atoms with Crippen molar-refractivity contribution in [2.75, 3.05) is 5.73 Å². The Labute approximate surface area is 98.3 Å². The quantitative estimate of drug-likeness (QED) is 0.661. The molecule has 2 N–H and O–H groups in total. The highest BCUT2D eigenvalue weighted by Crippen LogP contribution is 2.38. The van der Waals surface area contributed by atoms with E-state index in [1.807, 2.05) is 0 Å². The largest absolute Gasteiger partial charge is 0.469 e. The van der Waals surface area contributed by atoms with Crippen LogP contribution in [-0.2, 0) is 0 Å². The van der Waals surface area contributed by atoms with Crippen molar-refractivity contribution in [1.82, 2.24) is 0 Å². The number of alkyl halides is 6. The molecule has 0 aliphatic rings. The molecule has 2 nitrogen and oxygen atoms in total. The second-order valence-electron chi connectivity index (χ2n) is 3.57. The average molecular weight is 273 g/mol. The van der Waals surface area contributed by atoms with Crippen molar-refractivity contribution in [2.24, 2.45) is 0 Å². The van der Waals surface area contributed by atoms with E-state index in [1.165, 1.54) is 19.1 Å². The van der Waals surface area contributed by atoms with Gasteiger partial charge in [0.25, 0.3) is 6.10 Å². The summed E-state index contributed by atoms with van der Waals surface area (Å²) in [5.41, 5.74) is 5.43. The summed E-state index contributed by atoms with van der Waals surface area (Å²) in [4.78, 5) is 0. The third-order valence-electron chi connectivity index (χ3n) is 2.12. The van der Waals surface area contributed by atoms with Crippen molar-refractivity contribution in [1.29, 1.82) is 0 Å².